The van der Waals surface area contributed by atoms with E-state index in [1.54, 1.807) is 20.5 Å². The van der Waals surface area contributed by atoms with Gasteiger partial charge in [0.05, 0.1) is 38.5 Å². The molecule has 0 amide bonds. The number of methoxy groups -OCH3 is 2. The van der Waals surface area contributed by atoms with E-state index in [4.69, 9.17) is 13.9 Å². The molecular weight excluding hydrogens is 256 g/mol. The van der Waals surface area contributed by atoms with Gasteiger partial charge >= 0.3 is 0 Å². The topological polar surface area (TPSA) is 55.7 Å². The molecule has 0 fully saturated rings. The standard InChI is InChI=1S/C15H18N2O3/c1-11(16-10-13-5-4-8-20-13)17-14-7-6-12(18-2)9-15(14)19-3/h4-9,16-17H,1,10H2,2-3H3. The smallest absolute Gasteiger partial charge is 0.146 e. The Hall–Kier alpha value is -2.56. The second kappa shape index (κ2) is 6.56. The number of nitrogens with one attached hydrogen (secondary N) is 2. The number of benzene rings is 1. The average Bonchev–Trinajstić information content (AvgIpc) is 2.99. The lowest BCUT2D eigenvalue weighted by molar-refractivity contribution is 0.395. The minimum absolute atomic E-state index is 0.567. The molecule has 1 heterocycles. The lowest BCUT2D eigenvalue weighted by Gasteiger charge is -2.15. The lowest BCUT2D eigenvalue weighted by Crippen LogP contribution is -2.18. The summed E-state index contributed by atoms with van der Waals surface area (Å²) in [7, 11) is 3.23. The van der Waals surface area contributed by atoms with Gasteiger partial charge in [0, 0.05) is 6.07 Å². The van der Waals surface area contributed by atoms with Crippen molar-refractivity contribution in [1.29, 1.82) is 0 Å². The molecule has 0 saturated heterocycles. The summed E-state index contributed by atoms with van der Waals surface area (Å²) >= 11 is 0. The van der Waals surface area contributed by atoms with Crippen molar-refractivity contribution in [1.82, 2.24) is 5.32 Å². The molecule has 1 aromatic heterocycles. The molecule has 0 saturated carbocycles. The zero-order chi connectivity index (χ0) is 14.4. The highest BCUT2D eigenvalue weighted by molar-refractivity contribution is 5.61. The molecule has 2 aromatic rings. The Morgan fingerprint density at radius 3 is 2.75 bits per heavy atom. The minimum atomic E-state index is 0.567. The van der Waals surface area contributed by atoms with Crippen molar-refractivity contribution < 1.29 is 13.9 Å². The fourth-order valence-electron chi connectivity index (χ4n) is 1.72. The van der Waals surface area contributed by atoms with Gasteiger partial charge in [0.2, 0.25) is 0 Å². The highest BCUT2D eigenvalue weighted by Crippen LogP contribution is 2.29. The van der Waals surface area contributed by atoms with Gasteiger partial charge in [-0.05, 0) is 24.3 Å². The van der Waals surface area contributed by atoms with Crippen molar-refractivity contribution in [2.75, 3.05) is 19.5 Å². The highest BCUT2D eigenvalue weighted by atomic mass is 16.5. The van der Waals surface area contributed by atoms with Gasteiger partial charge in [-0.2, -0.15) is 0 Å². The summed E-state index contributed by atoms with van der Waals surface area (Å²) in [6, 6.07) is 9.28. The predicted octanol–water partition coefficient (Wildman–Crippen LogP) is 2.97. The summed E-state index contributed by atoms with van der Waals surface area (Å²) in [4.78, 5) is 0. The summed E-state index contributed by atoms with van der Waals surface area (Å²) in [5.74, 6) is 2.92. The summed E-state index contributed by atoms with van der Waals surface area (Å²) in [5, 5.41) is 6.27. The maximum Gasteiger partial charge on any atom is 0.146 e. The number of ether oxygens (including phenoxy) is 2. The van der Waals surface area contributed by atoms with Gasteiger partial charge in [0.25, 0.3) is 0 Å². The van der Waals surface area contributed by atoms with E-state index in [-0.39, 0.29) is 0 Å². The fraction of sp³-hybridized carbons (Fsp3) is 0.200. The second-order valence-electron chi connectivity index (χ2n) is 4.10. The summed E-state index contributed by atoms with van der Waals surface area (Å²) in [6.07, 6.45) is 1.64. The predicted molar refractivity (Wildman–Crippen MR) is 77.9 cm³/mol. The normalized spacial score (nSPS) is 9.90. The van der Waals surface area contributed by atoms with E-state index < -0.39 is 0 Å². The number of hydrogen-bond acceptors (Lipinski definition) is 5. The first kappa shape index (κ1) is 13.9. The monoisotopic (exact) mass is 274 g/mol. The third kappa shape index (κ3) is 3.47. The van der Waals surface area contributed by atoms with Crippen molar-refractivity contribution in [3.63, 3.8) is 0 Å². The first-order chi connectivity index (χ1) is 9.72. The summed E-state index contributed by atoms with van der Waals surface area (Å²) < 4.78 is 15.7. The minimum Gasteiger partial charge on any atom is -0.497 e. The van der Waals surface area contributed by atoms with E-state index in [9.17, 15) is 0 Å². The van der Waals surface area contributed by atoms with Gasteiger partial charge in [-0.25, -0.2) is 0 Å². The SMILES string of the molecule is C=C(NCc1ccco1)Nc1ccc(OC)cc1OC. The largest absolute Gasteiger partial charge is 0.497 e. The Labute approximate surface area is 118 Å². The Balaban J connectivity index is 1.96. The van der Waals surface area contributed by atoms with Crippen LogP contribution >= 0.6 is 0 Å². The van der Waals surface area contributed by atoms with E-state index in [1.165, 1.54) is 0 Å². The van der Waals surface area contributed by atoms with E-state index in [1.807, 2.05) is 30.3 Å². The Bertz CT molecular complexity index is 565. The molecule has 1 aromatic carbocycles. The zero-order valence-corrected chi connectivity index (χ0v) is 11.6. The molecule has 0 radical (unpaired) electrons. The molecule has 0 atom stereocenters. The number of anilines is 1. The quantitative estimate of drug-likeness (QED) is 0.813. The molecule has 0 aliphatic heterocycles. The van der Waals surface area contributed by atoms with Crippen LogP contribution in [0.15, 0.2) is 53.4 Å². The molecule has 2 N–H and O–H groups in total. The first-order valence-corrected chi connectivity index (χ1v) is 6.17. The molecule has 106 valence electrons. The first-order valence-electron chi connectivity index (χ1n) is 6.17. The van der Waals surface area contributed by atoms with Crippen LogP contribution in [0.4, 0.5) is 5.69 Å². The Morgan fingerprint density at radius 1 is 1.25 bits per heavy atom. The van der Waals surface area contributed by atoms with Gasteiger partial charge < -0.3 is 24.5 Å². The van der Waals surface area contributed by atoms with Gasteiger partial charge in [-0.1, -0.05) is 6.58 Å². The lowest BCUT2D eigenvalue weighted by atomic mass is 10.2. The Kier molecular flexibility index (Phi) is 4.55. The van der Waals surface area contributed by atoms with Crippen LogP contribution in [0.2, 0.25) is 0 Å². The molecule has 0 spiro atoms. The van der Waals surface area contributed by atoms with Crippen LogP contribution in [0.5, 0.6) is 11.5 Å². The van der Waals surface area contributed by atoms with Crippen molar-refractivity contribution in [2.24, 2.45) is 0 Å². The summed E-state index contributed by atoms with van der Waals surface area (Å²) in [5.41, 5.74) is 0.810. The summed E-state index contributed by atoms with van der Waals surface area (Å²) in [6.45, 7) is 4.48. The number of hydrogen-bond donors (Lipinski definition) is 2. The van der Waals surface area contributed by atoms with Gasteiger partial charge in [-0.15, -0.1) is 0 Å². The zero-order valence-electron chi connectivity index (χ0n) is 11.6. The molecule has 0 aliphatic carbocycles. The highest BCUT2D eigenvalue weighted by Gasteiger charge is 2.06. The van der Waals surface area contributed by atoms with Crippen LogP contribution in [0, 0.1) is 0 Å². The fourth-order valence-corrected chi connectivity index (χ4v) is 1.72. The van der Waals surface area contributed by atoms with Crippen molar-refractivity contribution in [2.45, 2.75) is 6.54 Å². The van der Waals surface area contributed by atoms with E-state index >= 15 is 0 Å². The molecule has 20 heavy (non-hydrogen) atoms. The molecule has 0 aliphatic rings. The van der Waals surface area contributed by atoms with Gasteiger partial charge in [0.1, 0.15) is 17.3 Å². The van der Waals surface area contributed by atoms with Crippen molar-refractivity contribution in [3.8, 4) is 11.5 Å². The van der Waals surface area contributed by atoms with Crippen LogP contribution in [0.25, 0.3) is 0 Å². The molecule has 2 rings (SSSR count). The van der Waals surface area contributed by atoms with Crippen molar-refractivity contribution in [3.05, 3.63) is 54.8 Å². The third-order valence-electron chi connectivity index (χ3n) is 2.75. The molecule has 0 bridgehead atoms. The van der Waals surface area contributed by atoms with Crippen LogP contribution in [-0.4, -0.2) is 14.2 Å². The van der Waals surface area contributed by atoms with Crippen LogP contribution in [-0.2, 0) is 6.54 Å². The molecule has 5 nitrogen and oxygen atoms in total. The molecule has 5 heteroatoms. The van der Waals surface area contributed by atoms with Crippen LogP contribution in [0.1, 0.15) is 5.76 Å². The van der Waals surface area contributed by atoms with Crippen molar-refractivity contribution >= 4 is 5.69 Å². The molecule has 0 unspecified atom stereocenters. The van der Waals surface area contributed by atoms with Crippen LogP contribution in [0.3, 0.4) is 0 Å². The van der Waals surface area contributed by atoms with Crippen LogP contribution < -0.4 is 20.1 Å². The Morgan fingerprint density at radius 2 is 2.10 bits per heavy atom. The van der Waals surface area contributed by atoms with Gasteiger partial charge in [0.15, 0.2) is 0 Å². The maximum absolute atomic E-state index is 5.31. The molecular formula is C15H18N2O3. The van der Waals surface area contributed by atoms with E-state index in [0.717, 1.165) is 17.2 Å². The number of rotatable bonds is 7. The third-order valence-corrected chi connectivity index (χ3v) is 2.75. The van der Waals surface area contributed by atoms with E-state index in [2.05, 4.69) is 17.2 Å². The number of furan rings is 1. The maximum atomic E-state index is 5.31. The van der Waals surface area contributed by atoms with Gasteiger partial charge in [-0.3, -0.25) is 0 Å². The second-order valence-corrected chi connectivity index (χ2v) is 4.10. The average molecular weight is 274 g/mol. The van der Waals surface area contributed by atoms with E-state index in [0.29, 0.717) is 18.1 Å².